The number of aromatic nitrogens is 2. The second-order valence-electron chi connectivity index (χ2n) is 9.52. The number of carbonyl (C=O) groups excluding carboxylic acids is 1. The smallest absolute Gasteiger partial charge is 0.225 e. The number of piperidine rings is 1. The molecule has 5 rings (SSSR count). The number of rotatable bonds is 5. The number of nitrogens with zero attached hydrogens (tertiary/aromatic N) is 2. The molecule has 4 heteroatoms. The molecule has 32 heavy (non-hydrogen) atoms. The highest BCUT2D eigenvalue weighted by molar-refractivity contribution is 5.79. The number of likely N-dealkylation sites (tertiary alicyclic amines) is 1. The molecular weight excluding hydrogens is 394 g/mol. The van der Waals surface area contributed by atoms with E-state index < -0.39 is 0 Å². The Morgan fingerprint density at radius 2 is 1.72 bits per heavy atom. The Labute approximate surface area is 191 Å². The fourth-order valence-electron chi connectivity index (χ4n) is 5.50. The van der Waals surface area contributed by atoms with E-state index in [1.54, 1.807) is 0 Å². The third-order valence-corrected chi connectivity index (χ3v) is 7.43. The molecule has 2 aromatic carbocycles. The molecule has 1 aromatic heterocycles. The van der Waals surface area contributed by atoms with Gasteiger partial charge in [0.1, 0.15) is 0 Å². The zero-order chi connectivity index (χ0) is 21.9. The highest BCUT2D eigenvalue weighted by atomic mass is 16.2. The van der Waals surface area contributed by atoms with E-state index in [2.05, 4.69) is 64.5 Å². The van der Waals surface area contributed by atoms with Crippen LogP contribution >= 0.6 is 0 Å². The van der Waals surface area contributed by atoms with E-state index in [1.165, 1.54) is 24.0 Å². The summed E-state index contributed by atoms with van der Waals surface area (Å²) in [4.78, 5) is 15.5. The van der Waals surface area contributed by atoms with Crippen LogP contribution in [-0.2, 0) is 11.2 Å². The van der Waals surface area contributed by atoms with Gasteiger partial charge in [-0.25, -0.2) is 0 Å². The molecule has 2 fully saturated rings. The summed E-state index contributed by atoms with van der Waals surface area (Å²) in [5.41, 5.74) is 5.95. The number of nitrogens with one attached hydrogen (secondary N) is 1. The molecule has 1 N–H and O–H groups in total. The topological polar surface area (TPSA) is 49.0 Å². The molecule has 1 saturated carbocycles. The lowest BCUT2D eigenvalue weighted by Crippen LogP contribution is -2.44. The molecule has 3 aromatic rings. The third-order valence-electron chi connectivity index (χ3n) is 7.43. The Morgan fingerprint density at radius 1 is 1.00 bits per heavy atom. The van der Waals surface area contributed by atoms with Crippen molar-refractivity contribution in [3.63, 3.8) is 0 Å². The summed E-state index contributed by atoms with van der Waals surface area (Å²) >= 11 is 0. The van der Waals surface area contributed by atoms with Gasteiger partial charge in [-0.3, -0.25) is 9.89 Å². The summed E-state index contributed by atoms with van der Waals surface area (Å²) in [7, 11) is 0. The maximum atomic E-state index is 13.4. The number of amides is 1. The van der Waals surface area contributed by atoms with Crippen LogP contribution in [0.15, 0.2) is 60.7 Å². The Bertz CT molecular complexity index is 1030. The summed E-state index contributed by atoms with van der Waals surface area (Å²) in [6, 6.07) is 21.5. The molecule has 4 nitrogen and oxygen atoms in total. The van der Waals surface area contributed by atoms with Crippen LogP contribution in [0.25, 0.3) is 11.3 Å². The standard InChI is InChI=1S/C28H33N3O/c1-2-20-12-14-21(15-13-20)24-16-25(19-31(18-24)28(32)23-10-6-7-11-23)27-17-26(29-30-27)22-8-4-3-5-9-22/h3-5,8-9,12-15,17,23-25H,2,6-7,10-11,16,18-19H2,1H3,(H,29,30). The van der Waals surface area contributed by atoms with E-state index in [-0.39, 0.29) is 11.8 Å². The Hall–Kier alpha value is -2.88. The molecule has 1 aliphatic carbocycles. The average molecular weight is 428 g/mol. The number of aromatic amines is 1. The SMILES string of the molecule is CCc1ccc(C2CC(c3cc(-c4ccccc4)n[nH]3)CN(C(=O)C3CCCC3)C2)cc1. The Kier molecular flexibility index (Phi) is 6.11. The molecule has 0 spiro atoms. The van der Waals surface area contributed by atoms with E-state index in [1.807, 2.05) is 18.2 Å². The number of H-pyrrole nitrogens is 1. The fraction of sp³-hybridized carbons (Fsp3) is 0.429. The number of hydrogen-bond donors (Lipinski definition) is 1. The van der Waals surface area contributed by atoms with Crippen molar-refractivity contribution in [2.24, 2.45) is 5.92 Å². The van der Waals surface area contributed by atoms with E-state index in [0.717, 1.165) is 55.7 Å². The lowest BCUT2D eigenvalue weighted by molar-refractivity contribution is -0.137. The van der Waals surface area contributed by atoms with Gasteiger partial charge in [0.05, 0.1) is 5.69 Å². The highest BCUT2D eigenvalue weighted by Gasteiger charge is 2.36. The van der Waals surface area contributed by atoms with Gasteiger partial charge < -0.3 is 4.90 Å². The first-order valence-corrected chi connectivity index (χ1v) is 12.2. The predicted molar refractivity (Wildman–Crippen MR) is 128 cm³/mol. The summed E-state index contributed by atoms with van der Waals surface area (Å²) in [5, 5.41) is 7.91. The van der Waals surface area contributed by atoms with Crippen molar-refractivity contribution in [1.29, 1.82) is 0 Å². The molecule has 1 saturated heterocycles. The van der Waals surface area contributed by atoms with Gasteiger partial charge in [-0.1, -0.05) is 74.4 Å². The number of aryl methyl sites for hydroxylation is 1. The predicted octanol–water partition coefficient (Wildman–Crippen LogP) is 5.93. The van der Waals surface area contributed by atoms with Gasteiger partial charge in [-0.05, 0) is 42.9 Å². The number of carbonyl (C=O) groups is 1. The van der Waals surface area contributed by atoms with Crippen molar-refractivity contribution in [2.45, 2.75) is 57.3 Å². The first-order valence-electron chi connectivity index (χ1n) is 12.2. The van der Waals surface area contributed by atoms with E-state index in [9.17, 15) is 4.79 Å². The van der Waals surface area contributed by atoms with Gasteiger partial charge in [-0.15, -0.1) is 0 Å². The summed E-state index contributed by atoms with van der Waals surface area (Å²) in [5.74, 6) is 1.21. The van der Waals surface area contributed by atoms with Gasteiger partial charge >= 0.3 is 0 Å². The van der Waals surface area contributed by atoms with Crippen LogP contribution in [0.1, 0.15) is 67.7 Å². The largest absolute Gasteiger partial charge is 0.341 e. The second kappa shape index (κ2) is 9.32. The van der Waals surface area contributed by atoms with Gasteiger partial charge in [-0.2, -0.15) is 5.10 Å². The fourth-order valence-corrected chi connectivity index (χ4v) is 5.50. The quantitative estimate of drug-likeness (QED) is 0.549. The monoisotopic (exact) mass is 427 g/mol. The second-order valence-corrected chi connectivity index (χ2v) is 9.52. The van der Waals surface area contributed by atoms with Crippen LogP contribution < -0.4 is 0 Å². The minimum absolute atomic E-state index is 0.221. The van der Waals surface area contributed by atoms with Crippen molar-refractivity contribution < 1.29 is 4.79 Å². The van der Waals surface area contributed by atoms with Crippen LogP contribution in [0.5, 0.6) is 0 Å². The maximum absolute atomic E-state index is 13.4. The third kappa shape index (κ3) is 4.36. The first-order chi connectivity index (χ1) is 15.7. The molecule has 2 unspecified atom stereocenters. The number of benzene rings is 2. The first kappa shape index (κ1) is 21.0. The molecule has 1 aliphatic heterocycles. The van der Waals surface area contributed by atoms with Gasteiger partial charge in [0.25, 0.3) is 0 Å². The molecule has 166 valence electrons. The lowest BCUT2D eigenvalue weighted by atomic mass is 9.82. The van der Waals surface area contributed by atoms with E-state index >= 15 is 0 Å². The van der Waals surface area contributed by atoms with Crippen LogP contribution in [0, 0.1) is 5.92 Å². The van der Waals surface area contributed by atoms with Crippen molar-refractivity contribution >= 4 is 5.91 Å². The molecule has 2 heterocycles. The normalized spacial score (nSPS) is 21.7. The van der Waals surface area contributed by atoms with Crippen molar-refractivity contribution in [2.75, 3.05) is 13.1 Å². The van der Waals surface area contributed by atoms with Crippen LogP contribution in [0.4, 0.5) is 0 Å². The highest BCUT2D eigenvalue weighted by Crippen LogP contribution is 2.38. The lowest BCUT2D eigenvalue weighted by Gasteiger charge is -2.39. The van der Waals surface area contributed by atoms with E-state index in [4.69, 9.17) is 0 Å². The summed E-state index contributed by atoms with van der Waals surface area (Å²) in [6.07, 6.45) is 6.58. The zero-order valence-corrected chi connectivity index (χ0v) is 19.0. The van der Waals surface area contributed by atoms with Crippen molar-refractivity contribution in [3.05, 3.63) is 77.5 Å². The van der Waals surface area contributed by atoms with Crippen molar-refractivity contribution in [3.8, 4) is 11.3 Å². The Morgan fingerprint density at radius 3 is 2.44 bits per heavy atom. The summed E-state index contributed by atoms with van der Waals surface area (Å²) < 4.78 is 0. The maximum Gasteiger partial charge on any atom is 0.225 e. The molecule has 2 aliphatic rings. The minimum Gasteiger partial charge on any atom is -0.341 e. The van der Waals surface area contributed by atoms with Gasteiger partial charge in [0.15, 0.2) is 0 Å². The van der Waals surface area contributed by atoms with E-state index in [0.29, 0.717) is 11.8 Å². The zero-order valence-electron chi connectivity index (χ0n) is 19.0. The van der Waals surface area contributed by atoms with Crippen LogP contribution in [0.3, 0.4) is 0 Å². The molecule has 0 bridgehead atoms. The average Bonchev–Trinajstić information content (AvgIpc) is 3.57. The van der Waals surface area contributed by atoms with Crippen molar-refractivity contribution in [1.82, 2.24) is 15.1 Å². The molecule has 2 atom stereocenters. The van der Waals surface area contributed by atoms with Gasteiger partial charge in [0, 0.05) is 42.1 Å². The van der Waals surface area contributed by atoms with Gasteiger partial charge in [0.2, 0.25) is 5.91 Å². The minimum atomic E-state index is 0.221. The Balaban J connectivity index is 1.41. The van der Waals surface area contributed by atoms with Crippen LogP contribution in [0.2, 0.25) is 0 Å². The molecule has 1 amide bonds. The molecule has 0 radical (unpaired) electrons. The van der Waals surface area contributed by atoms with Crippen LogP contribution in [-0.4, -0.2) is 34.1 Å². The molecular formula is C28H33N3O. The summed E-state index contributed by atoms with van der Waals surface area (Å²) in [6.45, 7) is 3.81. The number of hydrogen-bond acceptors (Lipinski definition) is 2.